The fraction of sp³-hybridized carbons (Fsp3) is 0.588. The Kier molecular flexibility index (Phi) is 7.82. The zero-order chi connectivity index (χ0) is 19.2. The van der Waals surface area contributed by atoms with Crippen molar-refractivity contribution in [3.05, 3.63) is 21.4 Å². The number of aliphatic hydroxyl groups is 1. The Labute approximate surface area is 155 Å². The molecule has 1 rings (SSSR count). The van der Waals surface area contributed by atoms with Gasteiger partial charge in [-0.3, -0.25) is 4.79 Å². The minimum atomic E-state index is -2.26. The van der Waals surface area contributed by atoms with Crippen molar-refractivity contribution in [3.8, 4) is 0 Å². The Balaban J connectivity index is 3.60. The Hall–Kier alpha value is -1.67. The van der Waals surface area contributed by atoms with Crippen molar-refractivity contribution in [1.82, 2.24) is 0 Å². The van der Waals surface area contributed by atoms with Crippen molar-refractivity contribution in [2.75, 3.05) is 20.3 Å². The summed E-state index contributed by atoms with van der Waals surface area (Å²) >= 11 is 3.19. The van der Waals surface area contributed by atoms with Crippen molar-refractivity contribution in [1.29, 1.82) is 0 Å². The molecule has 0 bridgehead atoms. The third kappa shape index (κ3) is 3.95. The maximum atomic E-state index is 12.4. The lowest BCUT2D eigenvalue weighted by Crippen LogP contribution is -2.51. The molecule has 0 saturated carbocycles. The van der Waals surface area contributed by atoms with Gasteiger partial charge in [-0.2, -0.15) is 0 Å². The third-order valence-electron chi connectivity index (χ3n) is 3.93. The Morgan fingerprint density at radius 1 is 1.24 bits per heavy atom. The lowest BCUT2D eigenvalue weighted by Gasteiger charge is -2.38. The number of methoxy groups -OCH3 is 1. The maximum absolute atomic E-state index is 12.4. The third-order valence-corrected chi connectivity index (χ3v) is 5.01. The number of halogens is 1. The zero-order valence-corrected chi connectivity index (χ0v) is 16.3. The highest BCUT2D eigenvalue weighted by atomic mass is 79.9. The van der Waals surface area contributed by atoms with Crippen LogP contribution in [-0.2, 0) is 28.6 Å². The van der Waals surface area contributed by atoms with E-state index >= 15 is 0 Å². The first-order chi connectivity index (χ1) is 11.8. The normalized spacial score (nSPS) is 23.4. The van der Waals surface area contributed by atoms with Crippen LogP contribution in [0.3, 0.4) is 0 Å². The van der Waals surface area contributed by atoms with E-state index < -0.39 is 23.5 Å². The number of hydrogen-bond donors (Lipinski definition) is 1. The number of rotatable bonds is 8. The van der Waals surface area contributed by atoms with E-state index in [1.54, 1.807) is 20.8 Å². The number of allylic oxidation sites excluding steroid dienone is 1. The van der Waals surface area contributed by atoms with Crippen LogP contribution in [-0.4, -0.2) is 49.3 Å². The van der Waals surface area contributed by atoms with Crippen LogP contribution >= 0.6 is 15.9 Å². The van der Waals surface area contributed by atoms with Crippen LogP contribution in [0.15, 0.2) is 21.4 Å². The Morgan fingerprint density at radius 3 is 2.28 bits per heavy atom. The molecule has 0 heterocycles. The van der Waals surface area contributed by atoms with Crippen molar-refractivity contribution in [2.45, 2.75) is 39.2 Å². The average Bonchev–Trinajstić information content (AvgIpc) is 2.58. The van der Waals surface area contributed by atoms with Gasteiger partial charge in [-0.1, -0.05) is 22.9 Å². The minimum absolute atomic E-state index is 0.0300. The van der Waals surface area contributed by atoms with Crippen LogP contribution in [0.2, 0.25) is 0 Å². The molecule has 7 nitrogen and oxygen atoms in total. The molecular weight excluding hydrogens is 396 g/mol. The molecule has 0 aromatic heterocycles. The highest BCUT2D eigenvalue weighted by molar-refractivity contribution is 9.11. The molecule has 1 aliphatic rings. The predicted molar refractivity (Wildman–Crippen MR) is 92.7 cm³/mol. The van der Waals surface area contributed by atoms with Gasteiger partial charge in [0.15, 0.2) is 0 Å². The van der Waals surface area contributed by atoms with Crippen molar-refractivity contribution < 1.29 is 33.7 Å². The summed E-state index contributed by atoms with van der Waals surface area (Å²) in [5, 5.41) is 11.1. The topological polar surface area (TPSA) is 99.1 Å². The molecule has 0 saturated heterocycles. The van der Waals surface area contributed by atoms with E-state index in [1.807, 2.05) is 0 Å². The highest BCUT2D eigenvalue weighted by Gasteiger charge is 2.54. The summed E-state index contributed by atoms with van der Waals surface area (Å²) in [5.74, 6) is -2.42. The summed E-state index contributed by atoms with van der Waals surface area (Å²) < 4.78 is 15.3. The quantitative estimate of drug-likeness (QED) is 0.475. The maximum Gasteiger partial charge on any atom is 0.344 e. The van der Waals surface area contributed by atoms with Crippen LogP contribution < -0.4 is 0 Å². The second-order valence-corrected chi connectivity index (χ2v) is 6.08. The largest absolute Gasteiger partial charge is 0.496 e. The predicted octanol–water partition coefficient (Wildman–Crippen LogP) is 2.02. The van der Waals surface area contributed by atoms with Gasteiger partial charge in [0.1, 0.15) is 12.0 Å². The number of ether oxygens (including phenoxy) is 3. The first-order valence-corrected chi connectivity index (χ1v) is 8.79. The number of carbonyl (C=O) groups excluding carboxylic acids is 3. The molecular formula is C17H23BrO7. The minimum Gasteiger partial charge on any atom is -0.496 e. The summed E-state index contributed by atoms with van der Waals surface area (Å²) in [5.41, 5.74) is -1.59. The molecule has 1 aliphatic carbocycles. The Morgan fingerprint density at radius 2 is 1.84 bits per heavy atom. The first kappa shape index (κ1) is 21.4. The van der Waals surface area contributed by atoms with Crippen LogP contribution in [0.5, 0.6) is 0 Å². The highest BCUT2D eigenvalue weighted by Crippen LogP contribution is 2.46. The molecule has 0 aliphatic heterocycles. The molecule has 2 atom stereocenters. The summed E-state index contributed by atoms with van der Waals surface area (Å²) in [7, 11) is 1.40. The average molecular weight is 419 g/mol. The number of esters is 2. The van der Waals surface area contributed by atoms with E-state index in [1.165, 1.54) is 7.11 Å². The van der Waals surface area contributed by atoms with Crippen molar-refractivity contribution in [2.24, 2.45) is 5.92 Å². The van der Waals surface area contributed by atoms with Gasteiger partial charge < -0.3 is 24.1 Å². The molecule has 8 heteroatoms. The first-order valence-electron chi connectivity index (χ1n) is 8.00. The number of carbonyl (C=O) groups is 3. The van der Waals surface area contributed by atoms with E-state index in [2.05, 4.69) is 15.9 Å². The van der Waals surface area contributed by atoms with E-state index in [4.69, 9.17) is 14.2 Å². The lowest BCUT2D eigenvalue weighted by atomic mass is 9.74. The summed E-state index contributed by atoms with van der Waals surface area (Å²) in [6, 6.07) is 0. The lowest BCUT2D eigenvalue weighted by molar-refractivity contribution is -0.165. The van der Waals surface area contributed by atoms with E-state index in [-0.39, 0.29) is 35.4 Å². The van der Waals surface area contributed by atoms with Crippen molar-refractivity contribution in [3.63, 3.8) is 0 Å². The van der Waals surface area contributed by atoms with Crippen LogP contribution in [0.25, 0.3) is 0 Å². The van der Waals surface area contributed by atoms with Gasteiger partial charge >= 0.3 is 11.9 Å². The summed E-state index contributed by atoms with van der Waals surface area (Å²) in [4.78, 5) is 36.1. The Bertz CT molecular complexity index is 608. The monoisotopic (exact) mass is 418 g/mol. The van der Waals surface area contributed by atoms with E-state index in [0.717, 1.165) is 0 Å². The van der Waals surface area contributed by atoms with E-state index in [9.17, 15) is 19.5 Å². The molecule has 1 N–H and O–H groups in total. The molecule has 0 aromatic carbocycles. The molecule has 0 radical (unpaired) electrons. The SMILES string of the molecule is CCOC(=O)CC1=C(Br)C(O)(C(=O)OCC)C(C=O)C(CC)=C1OC. The molecule has 0 amide bonds. The molecule has 25 heavy (non-hydrogen) atoms. The molecule has 140 valence electrons. The fourth-order valence-corrected chi connectivity index (χ4v) is 3.57. The fourth-order valence-electron chi connectivity index (χ4n) is 2.84. The van der Waals surface area contributed by atoms with Crippen molar-refractivity contribution >= 4 is 34.2 Å². The van der Waals surface area contributed by atoms with Gasteiger partial charge in [0, 0.05) is 10.1 Å². The van der Waals surface area contributed by atoms with E-state index in [0.29, 0.717) is 18.3 Å². The van der Waals surface area contributed by atoms with Gasteiger partial charge in [0.2, 0.25) is 5.60 Å². The van der Waals surface area contributed by atoms with Gasteiger partial charge in [-0.25, -0.2) is 4.79 Å². The molecule has 0 aromatic rings. The van der Waals surface area contributed by atoms with Gasteiger partial charge in [-0.05, 0) is 25.8 Å². The molecule has 2 unspecified atom stereocenters. The van der Waals surface area contributed by atoms with Gasteiger partial charge in [-0.15, -0.1) is 0 Å². The van der Waals surface area contributed by atoms with Gasteiger partial charge in [0.05, 0.1) is 32.7 Å². The summed E-state index contributed by atoms with van der Waals surface area (Å²) in [6.07, 6.45) is 0.590. The standard InChI is InChI=1S/C17H23BrO7/c1-5-10-12(9-19)17(22,16(21)25-7-3)15(18)11(14(10)23-4)8-13(20)24-6-2/h9,12,22H,5-8H2,1-4H3. The second kappa shape index (κ2) is 9.15. The molecule has 0 spiro atoms. The smallest absolute Gasteiger partial charge is 0.344 e. The summed E-state index contributed by atoms with van der Waals surface area (Å²) in [6.45, 7) is 5.24. The van der Waals surface area contributed by atoms with Gasteiger partial charge in [0.25, 0.3) is 0 Å². The van der Waals surface area contributed by atoms with Crippen LogP contribution in [0.4, 0.5) is 0 Å². The molecule has 0 fully saturated rings. The zero-order valence-electron chi connectivity index (χ0n) is 14.8. The number of hydrogen-bond acceptors (Lipinski definition) is 7. The van der Waals surface area contributed by atoms with Crippen LogP contribution in [0, 0.1) is 5.92 Å². The second-order valence-electron chi connectivity index (χ2n) is 5.29. The number of aldehydes is 1. The van der Waals surface area contributed by atoms with Crippen LogP contribution in [0.1, 0.15) is 33.6 Å².